The molecule has 0 heterocycles. The molecule has 3 aromatic carbocycles. The van der Waals surface area contributed by atoms with E-state index in [1.165, 1.54) is 0 Å². The van der Waals surface area contributed by atoms with Crippen LogP contribution >= 0.6 is 11.6 Å². The van der Waals surface area contributed by atoms with Crippen LogP contribution in [0.3, 0.4) is 0 Å². The first-order valence-corrected chi connectivity index (χ1v) is 8.33. The predicted octanol–water partition coefficient (Wildman–Crippen LogP) is 3.15. The van der Waals surface area contributed by atoms with Crippen LogP contribution < -0.4 is 10.2 Å². The lowest BCUT2D eigenvalue weighted by Gasteiger charge is -2.15. The summed E-state index contributed by atoms with van der Waals surface area (Å²) in [6.07, 6.45) is 0. The molecular weight excluding hydrogens is 320 g/mol. The number of benzene rings is 3. The molecular formula is C20H20ClN2O+. The van der Waals surface area contributed by atoms with E-state index >= 15 is 0 Å². The molecule has 1 unspecified atom stereocenters. The third-order valence-electron chi connectivity index (χ3n) is 3.95. The van der Waals surface area contributed by atoms with Crippen molar-refractivity contribution >= 4 is 34.0 Å². The number of hydrogen-bond donors (Lipinski definition) is 2. The van der Waals surface area contributed by atoms with E-state index in [2.05, 4.69) is 11.4 Å². The number of amides is 1. The molecule has 0 aromatic heterocycles. The van der Waals surface area contributed by atoms with Gasteiger partial charge < -0.3 is 10.2 Å². The van der Waals surface area contributed by atoms with E-state index < -0.39 is 0 Å². The van der Waals surface area contributed by atoms with Gasteiger partial charge in [-0.05, 0) is 29.0 Å². The van der Waals surface area contributed by atoms with Crippen molar-refractivity contribution in [1.82, 2.24) is 0 Å². The highest BCUT2D eigenvalue weighted by molar-refractivity contribution is 6.31. The summed E-state index contributed by atoms with van der Waals surface area (Å²) >= 11 is 6.18. The average Bonchev–Trinajstić information content (AvgIpc) is 2.56. The molecule has 3 nitrogen and oxygen atoms in total. The summed E-state index contributed by atoms with van der Waals surface area (Å²) in [5.41, 5.74) is 1.87. The van der Waals surface area contributed by atoms with Crippen LogP contribution in [0.5, 0.6) is 0 Å². The largest absolute Gasteiger partial charge is 0.326 e. The molecule has 0 aliphatic rings. The number of nitrogens with one attached hydrogen (secondary N) is 2. The van der Waals surface area contributed by atoms with Crippen LogP contribution in [0.2, 0.25) is 5.02 Å². The highest BCUT2D eigenvalue weighted by Crippen LogP contribution is 2.18. The molecule has 122 valence electrons. The van der Waals surface area contributed by atoms with E-state index in [4.69, 9.17) is 11.6 Å². The third-order valence-corrected chi connectivity index (χ3v) is 4.31. The molecule has 0 radical (unpaired) electrons. The fourth-order valence-corrected chi connectivity index (χ4v) is 2.98. The second-order valence-electron chi connectivity index (χ2n) is 6.01. The van der Waals surface area contributed by atoms with Gasteiger partial charge in [0, 0.05) is 16.3 Å². The molecule has 3 rings (SSSR count). The zero-order chi connectivity index (χ0) is 16.9. The normalized spacial score (nSPS) is 12.1. The zero-order valence-corrected chi connectivity index (χ0v) is 14.3. The van der Waals surface area contributed by atoms with Gasteiger partial charge in [0.25, 0.3) is 5.91 Å². The third kappa shape index (κ3) is 4.13. The Labute approximate surface area is 146 Å². The van der Waals surface area contributed by atoms with Crippen molar-refractivity contribution in [2.75, 3.05) is 18.9 Å². The summed E-state index contributed by atoms with van der Waals surface area (Å²) in [7, 11) is 1.99. The number of anilines is 1. The van der Waals surface area contributed by atoms with Gasteiger partial charge in [0.05, 0.1) is 7.05 Å². The van der Waals surface area contributed by atoms with Gasteiger partial charge in [0.2, 0.25) is 0 Å². The van der Waals surface area contributed by atoms with Crippen molar-refractivity contribution in [3.05, 3.63) is 77.3 Å². The lowest BCUT2D eigenvalue weighted by atomic mass is 10.1. The van der Waals surface area contributed by atoms with Crippen LogP contribution in [0.1, 0.15) is 5.56 Å². The van der Waals surface area contributed by atoms with Crippen LogP contribution in [0.15, 0.2) is 66.7 Å². The SMILES string of the molecule is C[NH+](CC(=O)Nc1ccc2ccccc2c1)Cc1ccccc1Cl. The number of carbonyl (C=O) groups excluding carboxylic acids is 1. The van der Waals surface area contributed by atoms with Gasteiger partial charge in [-0.25, -0.2) is 0 Å². The molecule has 0 spiro atoms. The number of halogens is 1. The van der Waals surface area contributed by atoms with Crippen molar-refractivity contribution in [3.8, 4) is 0 Å². The maximum atomic E-state index is 12.3. The predicted molar refractivity (Wildman–Crippen MR) is 99.5 cm³/mol. The van der Waals surface area contributed by atoms with E-state index in [-0.39, 0.29) is 5.91 Å². The van der Waals surface area contributed by atoms with E-state index in [1.54, 1.807) is 0 Å². The Kier molecular flexibility index (Phi) is 5.14. The highest BCUT2D eigenvalue weighted by atomic mass is 35.5. The van der Waals surface area contributed by atoms with Gasteiger partial charge in [-0.1, -0.05) is 60.1 Å². The Hall–Kier alpha value is -2.36. The molecule has 0 bridgehead atoms. The summed E-state index contributed by atoms with van der Waals surface area (Å²) < 4.78 is 0. The molecule has 0 aliphatic heterocycles. The molecule has 24 heavy (non-hydrogen) atoms. The molecule has 2 N–H and O–H groups in total. The summed E-state index contributed by atoms with van der Waals surface area (Å²) in [4.78, 5) is 13.4. The van der Waals surface area contributed by atoms with Gasteiger partial charge in [0.1, 0.15) is 6.54 Å². The first-order chi connectivity index (χ1) is 11.6. The Morgan fingerprint density at radius 2 is 1.71 bits per heavy atom. The topological polar surface area (TPSA) is 33.5 Å². The fraction of sp³-hybridized carbons (Fsp3) is 0.150. The maximum Gasteiger partial charge on any atom is 0.279 e. The summed E-state index contributed by atoms with van der Waals surface area (Å²) in [6, 6.07) is 21.8. The number of likely N-dealkylation sites (N-methyl/N-ethyl adjacent to an activating group) is 1. The average molecular weight is 340 g/mol. The van der Waals surface area contributed by atoms with Gasteiger partial charge in [-0.15, -0.1) is 0 Å². The van der Waals surface area contributed by atoms with Crippen molar-refractivity contribution in [2.45, 2.75) is 6.54 Å². The molecule has 0 saturated carbocycles. The van der Waals surface area contributed by atoms with Crippen molar-refractivity contribution in [2.24, 2.45) is 0 Å². The lowest BCUT2D eigenvalue weighted by Crippen LogP contribution is -3.08. The number of fused-ring (bicyclic) bond motifs is 1. The minimum atomic E-state index is -0.00478. The molecule has 3 aromatic rings. The first kappa shape index (κ1) is 16.5. The van der Waals surface area contributed by atoms with Gasteiger partial charge in [-0.2, -0.15) is 0 Å². The quantitative estimate of drug-likeness (QED) is 0.735. The van der Waals surface area contributed by atoms with E-state index in [0.717, 1.165) is 31.9 Å². The Morgan fingerprint density at radius 1 is 1.00 bits per heavy atom. The highest BCUT2D eigenvalue weighted by Gasteiger charge is 2.12. The second kappa shape index (κ2) is 7.47. The monoisotopic (exact) mass is 339 g/mol. The van der Waals surface area contributed by atoms with Crippen LogP contribution in [-0.4, -0.2) is 19.5 Å². The number of hydrogen-bond acceptors (Lipinski definition) is 1. The second-order valence-corrected chi connectivity index (χ2v) is 6.42. The number of rotatable bonds is 5. The Balaban J connectivity index is 1.61. The Morgan fingerprint density at radius 3 is 2.50 bits per heavy atom. The lowest BCUT2D eigenvalue weighted by molar-refractivity contribution is -0.885. The molecule has 0 saturated heterocycles. The van der Waals surface area contributed by atoms with Gasteiger partial charge >= 0.3 is 0 Å². The molecule has 4 heteroatoms. The minimum Gasteiger partial charge on any atom is -0.326 e. The van der Waals surface area contributed by atoms with Gasteiger partial charge in [0.15, 0.2) is 6.54 Å². The standard InChI is InChI=1S/C20H19ClN2O/c1-23(13-17-8-4-5-9-19(17)21)14-20(24)22-18-11-10-15-6-2-3-7-16(15)12-18/h2-12H,13-14H2,1H3,(H,22,24)/p+1. The van der Waals surface area contributed by atoms with Crippen LogP contribution in [0, 0.1) is 0 Å². The smallest absolute Gasteiger partial charge is 0.279 e. The minimum absolute atomic E-state index is 0.00478. The summed E-state index contributed by atoms with van der Waals surface area (Å²) in [5, 5.41) is 6.00. The summed E-state index contributed by atoms with van der Waals surface area (Å²) in [5.74, 6) is -0.00478. The first-order valence-electron chi connectivity index (χ1n) is 7.95. The maximum absolute atomic E-state index is 12.3. The summed E-state index contributed by atoms with van der Waals surface area (Å²) in [6.45, 7) is 1.10. The van der Waals surface area contributed by atoms with Crippen LogP contribution in [0.4, 0.5) is 5.69 Å². The number of quaternary nitrogens is 1. The van der Waals surface area contributed by atoms with Crippen LogP contribution in [0.25, 0.3) is 10.8 Å². The number of carbonyl (C=O) groups is 1. The van der Waals surface area contributed by atoms with Crippen LogP contribution in [-0.2, 0) is 11.3 Å². The molecule has 0 aliphatic carbocycles. The van der Waals surface area contributed by atoms with Crippen molar-refractivity contribution < 1.29 is 9.69 Å². The van der Waals surface area contributed by atoms with Gasteiger partial charge in [-0.3, -0.25) is 4.79 Å². The van der Waals surface area contributed by atoms with Crippen molar-refractivity contribution in [1.29, 1.82) is 0 Å². The van der Waals surface area contributed by atoms with E-state index in [0.29, 0.717) is 13.1 Å². The Bertz CT molecular complexity index is 863. The van der Waals surface area contributed by atoms with E-state index in [9.17, 15) is 4.79 Å². The van der Waals surface area contributed by atoms with E-state index in [1.807, 2.05) is 67.7 Å². The molecule has 0 fully saturated rings. The van der Waals surface area contributed by atoms with Crippen molar-refractivity contribution in [3.63, 3.8) is 0 Å². The fourth-order valence-electron chi connectivity index (χ4n) is 2.78. The zero-order valence-electron chi connectivity index (χ0n) is 13.6. The molecule has 1 atom stereocenters. The molecule has 1 amide bonds.